The van der Waals surface area contributed by atoms with Gasteiger partial charge in [-0.05, 0) is 13.0 Å². The van der Waals surface area contributed by atoms with E-state index in [4.69, 9.17) is 9.15 Å². The minimum Gasteiger partial charge on any atom is -0.458 e. The van der Waals surface area contributed by atoms with Crippen molar-refractivity contribution in [2.75, 3.05) is 7.11 Å². The van der Waals surface area contributed by atoms with Gasteiger partial charge in [0.05, 0.1) is 6.61 Å². The number of furan rings is 1. The van der Waals surface area contributed by atoms with Gasteiger partial charge < -0.3 is 9.15 Å². The molecular weight excluding hydrogens is 156 g/mol. The number of rotatable bonds is 3. The third-order valence-corrected chi connectivity index (χ3v) is 1.67. The van der Waals surface area contributed by atoms with Crippen molar-refractivity contribution in [1.82, 2.24) is 0 Å². The minimum atomic E-state index is -0.0551. The van der Waals surface area contributed by atoms with Crippen LogP contribution in [0.2, 0.25) is 0 Å². The lowest BCUT2D eigenvalue weighted by Crippen LogP contribution is -1.87. The van der Waals surface area contributed by atoms with Gasteiger partial charge in [-0.3, -0.25) is 4.79 Å². The molecule has 0 radical (unpaired) electrons. The second-order valence-corrected chi connectivity index (χ2v) is 2.68. The van der Waals surface area contributed by atoms with Crippen molar-refractivity contribution in [2.24, 2.45) is 0 Å². The first kappa shape index (κ1) is 9.00. The molecule has 0 aliphatic heterocycles. The lowest BCUT2D eigenvalue weighted by molar-refractivity contribution is 0.0986. The van der Waals surface area contributed by atoms with Crippen LogP contribution in [0.1, 0.15) is 28.8 Å². The predicted molar refractivity (Wildman–Crippen MR) is 44.2 cm³/mol. The molecular formula is C9H12O3. The fraction of sp³-hybridized carbons (Fsp3) is 0.444. The van der Waals surface area contributed by atoms with Gasteiger partial charge in [0, 0.05) is 19.6 Å². The van der Waals surface area contributed by atoms with Crippen LogP contribution in [-0.4, -0.2) is 12.9 Å². The number of Topliss-reactive ketones (excluding diaryl/α,β-unsaturated/α-hetero) is 1. The average molecular weight is 168 g/mol. The molecule has 1 aromatic rings. The lowest BCUT2D eigenvalue weighted by Gasteiger charge is -1.92. The van der Waals surface area contributed by atoms with Crippen molar-refractivity contribution >= 4 is 5.78 Å². The first-order chi connectivity index (χ1) is 5.65. The highest BCUT2D eigenvalue weighted by atomic mass is 16.5. The predicted octanol–water partition coefficient (Wildman–Crippen LogP) is 1.94. The number of aryl methyl sites for hydroxylation is 1. The third-order valence-electron chi connectivity index (χ3n) is 1.67. The number of hydrogen-bond acceptors (Lipinski definition) is 3. The summed E-state index contributed by atoms with van der Waals surface area (Å²) in [6, 6.07) is 1.72. The number of methoxy groups -OCH3 is 1. The minimum absolute atomic E-state index is 0.0551. The molecule has 0 amide bonds. The molecule has 1 rings (SSSR count). The summed E-state index contributed by atoms with van der Waals surface area (Å²) in [5.41, 5.74) is 0.933. The SMILES string of the molecule is COCc1cc(C(C)=O)oc1C. The smallest absolute Gasteiger partial charge is 0.194 e. The summed E-state index contributed by atoms with van der Waals surface area (Å²) < 4.78 is 10.1. The summed E-state index contributed by atoms with van der Waals surface area (Å²) in [4.78, 5) is 10.9. The summed E-state index contributed by atoms with van der Waals surface area (Å²) >= 11 is 0. The van der Waals surface area contributed by atoms with Crippen LogP contribution in [0.15, 0.2) is 10.5 Å². The van der Waals surface area contributed by atoms with E-state index in [1.165, 1.54) is 6.92 Å². The fourth-order valence-electron chi connectivity index (χ4n) is 0.992. The largest absolute Gasteiger partial charge is 0.458 e. The normalized spacial score (nSPS) is 10.2. The number of ether oxygens (including phenoxy) is 1. The van der Waals surface area contributed by atoms with Gasteiger partial charge in [0.15, 0.2) is 11.5 Å². The molecule has 0 aromatic carbocycles. The van der Waals surface area contributed by atoms with E-state index in [1.54, 1.807) is 13.2 Å². The quantitative estimate of drug-likeness (QED) is 0.647. The molecule has 1 aromatic heterocycles. The van der Waals surface area contributed by atoms with E-state index >= 15 is 0 Å². The summed E-state index contributed by atoms with van der Waals surface area (Å²) in [7, 11) is 1.61. The van der Waals surface area contributed by atoms with Gasteiger partial charge in [-0.25, -0.2) is 0 Å². The number of carbonyl (C=O) groups is 1. The van der Waals surface area contributed by atoms with Gasteiger partial charge in [-0.1, -0.05) is 0 Å². The van der Waals surface area contributed by atoms with Crippen molar-refractivity contribution in [3.63, 3.8) is 0 Å². The van der Waals surface area contributed by atoms with Crippen molar-refractivity contribution in [2.45, 2.75) is 20.5 Å². The Morgan fingerprint density at radius 2 is 2.33 bits per heavy atom. The van der Waals surface area contributed by atoms with Crippen molar-refractivity contribution < 1.29 is 13.9 Å². The highest BCUT2D eigenvalue weighted by Crippen LogP contribution is 2.15. The fourth-order valence-corrected chi connectivity index (χ4v) is 0.992. The monoisotopic (exact) mass is 168 g/mol. The zero-order valence-corrected chi connectivity index (χ0v) is 7.51. The van der Waals surface area contributed by atoms with Gasteiger partial charge in [-0.15, -0.1) is 0 Å². The van der Waals surface area contributed by atoms with Crippen LogP contribution in [0, 0.1) is 6.92 Å². The second kappa shape index (κ2) is 3.54. The molecule has 0 saturated carbocycles. The van der Waals surface area contributed by atoms with E-state index in [0.717, 1.165) is 11.3 Å². The van der Waals surface area contributed by atoms with E-state index in [-0.39, 0.29) is 5.78 Å². The Morgan fingerprint density at radius 3 is 2.75 bits per heavy atom. The molecule has 66 valence electrons. The van der Waals surface area contributed by atoms with Gasteiger partial charge in [0.1, 0.15) is 5.76 Å². The molecule has 0 atom stereocenters. The summed E-state index contributed by atoms with van der Waals surface area (Å²) in [6.45, 7) is 3.79. The molecule has 0 aliphatic rings. The Morgan fingerprint density at radius 1 is 1.67 bits per heavy atom. The number of carbonyl (C=O) groups excluding carboxylic acids is 1. The van der Waals surface area contributed by atoms with Crippen molar-refractivity contribution in [1.29, 1.82) is 0 Å². The molecule has 0 fully saturated rings. The summed E-state index contributed by atoms with van der Waals surface area (Å²) in [5.74, 6) is 1.10. The van der Waals surface area contributed by atoms with E-state index in [2.05, 4.69) is 0 Å². The maximum Gasteiger partial charge on any atom is 0.194 e. The Bertz CT molecular complexity index is 286. The molecule has 0 saturated heterocycles. The van der Waals surface area contributed by atoms with Gasteiger partial charge in [-0.2, -0.15) is 0 Å². The molecule has 1 heterocycles. The van der Waals surface area contributed by atoms with Crippen molar-refractivity contribution in [3.05, 3.63) is 23.2 Å². The topological polar surface area (TPSA) is 39.4 Å². The van der Waals surface area contributed by atoms with Gasteiger partial charge >= 0.3 is 0 Å². The van der Waals surface area contributed by atoms with Crippen LogP contribution >= 0.6 is 0 Å². The van der Waals surface area contributed by atoms with E-state index in [1.807, 2.05) is 6.92 Å². The maximum atomic E-state index is 10.9. The first-order valence-electron chi connectivity index (χ1n) is 3.74. The Labute approximate surface area is 71.3 Å². The standard InChI is InChI=1S/C9H12O3/c1-6(10)9-4-8(5-11-3)7(2)12-9/h4H,5H2,1-3H3. The molecule has 3 heteroatoms. The first-order valence-corrected chi connectivity index (χ1v) is 3.74. The molecule has 0 N–H and O–H groups in total. The van der Waals surface area contributed by atoms with Crippen LogP contribution in [0.25, 0.3) is 0 Å². The molecule has 12 heavy (non-hydrogen) atoms. The third kappa shape index (κ3) is 1.74. The average Bonchev–Trinajstić information content (AvgIpc) is 2.34. The molecule has 0 aliphatic carbocycles. The number of hydrogen-bond donors (Lipinski definition) is 0. The highest BCUT2D eigenvalue weighted by molar-refractivity contribution is 5.91. The second-order valence-electron chi connectivity index (χ2n) is 2.68. The van der Waals surface area contributed by atoms with Crippen LogP contribution in [-0.2, 0) is 11.3 Å². The zero-order valence-electron chi connectivity index (χ0n) is 7.51. The summed E-state index contributed by atoms with van der Waals surface area (Å²) in [6.07, 6.45) is 0. The van der Waals surface area contributed by atoms with Crippen LogP contribution in [0.4, 0.5) is 0 Å². The Balaban J connectivity index is 2.92. The molecule has 0 spiro atoms. The Kier molecular flexibility index (Phi) is 2.65. The van der Waals surface area contributed by atoms with Crippen LogP contribution < -0.4 is 0 Å². The molecule has 0 unspecified atom stereocenters. The summed E-state index contributed by atoms with van der Waals surface area (Å²) in [5, 5.41) is 0. The lowest BCUT2D eigenvalue weighted by atomic mass is 10.2. The van der Waals surface area contributed by atoms with Gasteiger partial charge in [0.2, 0.25) is 0 Å². The van der Waals surface area contributed by atoms with Crippen LogP contribution in [0.3, 0.4) is 0 Å². The van der Waals surface area contributed by atoms with Gasteiger partial charge in [0.25, 0.3) is 0 Å². The van der Waals surface area contributed by atoms with E-state index < -0.39 is 0 Å². The highest BCUT2D eigenvalue weighted by Gasteiger charge is 2.09. The molecule has 3 nitrogen and oxygen atoms in total. The zero-order chi connectivity index (χ0) is 9.14. The Hall–Kier alpha value is -1.09. The van der Waals surface area contributed by atoms with E-state index in [0.29, 0.717) is 12.4 Å². The van der Waals surface area contributed by atoms with Crippen LogP contribution in [0.5, 0.6) is 0 Å². The maximum absolute atomic E-state index is 10.9. The molecule has 0 bridgehead atoms. The van der Waals surface area contributed by atoms with Crippen molar-refractivity contribution in [3.8, 4) is 0 Å². The number of ketones is 1. The van der Waals surface area contributed by atoms with E-state index in [9.17, 15) is 4.79 Å².